The number of carbonyl (C=O) groups is 1. The number of ether oxygens (including phenoxy) is 2. The lowest BCUT2D eigenvalue weighted by atomic mass is 9.84. The van der Waals surface area contributed by atoms with Gasteiger partial charge in [0.1, 0.15) is 0 Å². The van der Waals surface area contributed by atoms with Gasteiger partial charge in [-0.2, -0.15) is 0 Å². The van der Waals surface area contributed by atoms with Crippen molar-refractivity contribution in [1.29, 1.82) is 0 Å². The summed E-state index contributed by atoms with van der Waals surface area (Å²) in [6.45, 7) is 3.36. The molecule has 3 aliphatic rings. The van der Waals surface area contributed by atoms with Crippen molar-refractivity contribution in [3.05, 3.63) is 0 Å². The van der Waals surface area contributed by atoms with Gasteiger partial charge in [0.15, 0.2) is 0 Å². The number of hydrogen-bond acceptors (Lipinski definition) is 3. The van der Waals surface area contributed by atoms with Gasteiger partial charge in [0, 0.05) is 19.1 Å². The molecule has 5 heteroatoms. The van der Waals surface area contributed by atoms with E-state index in [1.54, 1.807) is 0 Å². The highest BCUT2D eigenvalue weighted by molar-refractivity contribution is 5.74. The minimum atomic E-state index is 0.0112. The third kappa shape index (κ3) is 4.35. The van der Waals surface area contributed by atoms with Gasteiger partial charge in [0.25, 0.3) is 0 Å². The van der Waals surface area contributed by atoms with E-state index in [2.05, 4.69) is 10.2 Å². The van der Waals surface area contributed by atoms with Crippen molar-refractivity contribution in [2.45, 2.75) is 63.5 Å². The fourth-order valence-corrected chi connectivity index (χ4v) is 4.11. The Hall–Kier alpha value is -0.810. The average Bonchev–Trinajstić information content (AvgIpc) is 3.03. The molecular formula is C17H30N2O3. The number of nitrogens with one attached hydrogen (secondary N) is 1. The quantitative estimate of drug-likeness (QED) is 0.868. The zero-order valence-electron chi connectivity index (χ0n) is 13.6. The molecule has 1 saturated carbocycles. The largest absolute Gasteiger partial charge is 0.376 e. The van der Waals surface area contributed by atoms with E-state index in [0.29, 0.717) is 32.4 Å². The summed E-state index contributed by atoms with van der Waals surface area (Å²) < 4.78 is 11.0. The van der Waals surface area contributed by atoms with Gasteiger partial charge in [-0.05, 0) is 25.2 Å². The van der Waals surface area contributed by atoms with E-state index in [1.165, 1.54) is 44.9 Å². The lowest BCUT2D eigenvalue weighted by Crippen LogP contribution is -2.47. The second-order valence-electron chi connectivity index (χ2n) is 6.98. The van der Waals surface area contributed by atoms with Crippen molar-refractivity contribution in [3.8, 4) is 0 Å². The van der Waals surface area contributed by atoms with Crippen molar-refractivity contribution >= 4 is 6.03 Å². The molecule has 126 valence electrons. The number of carbonyl (C=O) groups excluding carboxylic acids is 1. The average molecular weight is 310 g/mol. The molecule has 3 fully saturated rings. The van der Waals surface area contributed by atoms with Crippen molar-refractivity contribution < 1.29 is 14.3 Å². The molecule has 0 aromatic heterocycles. The van der Waals surface area contributed by atoms with Crippen LogP contribution >= 0.6 is 0 Å². The predicted octanol–water partition coefficient (Wildman–Crippen LogP) is 2.55. The van der Waals surface area contributed by atoms with Gasteiger partial charge in [-0.3, -0.25) is 0 Å². The molecule has 0 spiro atoms. The molecule has 2 aliphatic heterocycles. The fraction of sp³-hybridized carbons (Fsp3) is 0.941. The van der Waals surface area contributed by atoms with Crippen molar-refractivity contribution in [2.75, 3.05) is 32.9 Å². The first-order valence-electron chi connectivity index (χ1n) is 9.07. The van der Waals surface area contributed by atoms with Crippen LogP contribution in [0.15, 0.2) is 0 Å². The van der Waals surface area contributed by atoms with E-state index in [9.17, 15) is 4.79 Å². The standard InChI is InChI=1S/C17H30N2O3/c20-17(18-12-16-13-21-9-10-22-16)19-8-4-7-15(19)11-14-5-2-1-3-6-14/h14-16H,1-13H2,(H,18,20)/t15-,16+/m1/s1. The van der Waals surface area contributed by atoms with Crippen LogP contribution in [0.5, 0.6) is 0 Å². The highest BCUT2D eigenvalue weighted by Crippen LogP contribution is 2.32. The number of likely N-dealkylation sites (tertiary alicyclic amines) is 1. The molecule has 0 aromatic carbocycles. The first-order valence-corrected chi connectivity index (χ1v) is 9.07. The Bertz CT molecular complexity index is 352. The minimum Gasteiger partial charge on any atom is -0.376 e. The van der Waals surface area contributed by atoms with Crippen LogP contribution in [0.3, 0.4) is 0 Å². The molecule has 2 amide bonds. The van der Waals surface area contributed by atoms with Crippen LogP contribution in [0.25, 0.3) is 0 Å². The van der Waals surface area contributed by atoms with Crippen LogP contribution in [-0.2, 0) is 9.47 Å². The number of amides is 2. The fourth-order valence-electron chi connectivity index (χ4n) is 4.11. The van der Waals surface area contributed by atoms with Gasteiger partial charge in [0.05, 0.1) is 25.9 Å². The molecule has 22 heavy (non-hydrogen) atoms. The van der Waals surface area contributed by atoms with Crippen LogP contribution in [0.1, 0.15) is 51.4 Å². The summed E-state index contributed by atoms with van der Waals surface area (Å²) in [6.07, 6.45) is 10.4. The summed E-state index contributed by atoms with van der Waals surface area (Å²) >= 11 is 0. The van der Waals surface area contributed by atoms with Crippen LogP contribution in [-0.4, -0.2) is 56.0 Å². The van der Waals surface area contributed by atoms with Crippen molar-refractivity contribution in [1.82, 2.24) is 10.2 Å². The van der Waals surface area contributed by atoms with E-state index in [0.717, 1.165) is 18.9 Å². The van der Waals surface area contributed by atoms with E-state index >= 15 is 0 Å². The number of hydrogen-bond donors (Lipinski definition) is 1. The van der Waals surface area contributed by atoms with Crippen LogP contribution in [0.2, 0.25) is 0 Å². The molecule has 0 bridgehead atoms. The molecule has 2 heterocycles. The molecule has 3 rings (SSSR count). The number of nitrogens with zero attached hydrogens (tertiary/aromatic N) is 1. The Balaban J connectivity index is 1.43. The molecular weight excluding hydrogens is 280 g/mol. The van der Waals surface area contributed by atoms with E-state index in [4.69, 9.17) is 9.47 Å². The summed E-state index contributed by atoms with van der Waals surface area (Å²) in [5.41, 5.74) is 0. The van der Waals surface area contributed by atoms with Crippen LogP contribution in [0, 0.1) is 5.92 Å². The molecule has 0 aromatic rings. The first-order chi connectivity index (χ1) is 10.8. The zero-order chi connectivity index (χ0) is 15.2. The van der Waals surface area contributed by atoms with Crippen molar-refractivity contribution in [3.63, 3.8) is 0 Å². The monoisotopic (exact) mass is 310 g/mol. The summed E-state index contributed by atoms with van der Waals surface area (Å²) in [6, 6.07) is 0.541. The van der Waals surface area contributed by atoms with Gasteiger partial charge in [0.2, 0.25) is 0 Å². The Morgan fingerprint density at radius 3 is 2.73 bits per heavy atom. The van der Waals surface area contributed by atoms with Gasteiger partial charge in [-0.15, -0.1) is 0 Å². The number of rotatable bonds is 4. The summed E-state index contributed by atoms with van der Waals surface area (Å²) in [5.74, 6) is 0.835. The smallest absolute Gasteiger partial charge is 0.317 e. The van der Waals surface area contributed by atoms with Crippen LogP contribution < -0.4 is 5.32 Å². The zero-order valence-corrected chi connectivity index (χ0v) is 13.6. The number of urea groups is 1. The van der Waals surface area contributed by atoms with Crippen molar-refractivity contribution in [2.24, 2.45) is 5.92 Å². The Morgan fingerprint density at radius 2 is 1.95 bits per heavy atom. The SMILES string of the molecule is O=C(NC[C@H]1COCCO1)N1CCC[C@@H]1CC1CCCCC1. The lowest BCUT2D eigenvalue weighted by molar-refractivity contribution is -0.0856. The highest BCUT2D eigenvalue weighted by Gasteiger charge is 2.31. The third-order valence-corrected chi connectivity index (χ3v) is 5.33. The summed E-state index contributed by atoms with van der Waals surface area (Å²) in [7, 11) is 0. The molecule has 0 unspecified atom stereocenters. The molecule has 1 N–H and O–H groups in total. The van der Waals surface area contributed by atoms with Gasteiger partial charge >= 0.3 is 6.03 Å². The Kier molecular flexibility index (Phi) is 5.96. The third-order valence-electron chi connectivity index (χ3n) is 5.33. The van der Waals surface area contributed by atoms with Gasteiger partial charge < -0.3 is 19.7 Å². The van der Waals surface area contributed by atoms with Gasteiger partial charge in [-0.1, -0.05) is 32.1 Å². The predicted molar refractivity (Wildman–Crippen MR) is 84.9 cm³/mol. The summed E-state index contributed by atoms with van der Waals surface area (Å²) in [5, 5.41) is 3.04. The van der Waals surface area contributed by atoms with Crippen LogP contribution in [0.4, 0.5) is 4.79 Å². The molecule has 0 radical (unpaired) electrons. The summed E-state index contributed by atoms with van der Waals surface area (Å²) in [4.78, 5) is 14.5. The molecule has 2 saturated heterocycles. The van der Waals surface area contributed by atoms with E-state index in [1.807, 2.05) is 0 Å². The maximum absolute atomic E-state index is 12.5. The second kappa shape index (κ2) is 8.16. The molecule has 5 nitrogen and oxygen atoms in total. The maximum atomic E-state index is 12.5. The first kappa shape index (κ1) is 16.1. The minimum absolute atomic E-state index is 0.0112. The van der Waals surface area contributed by atoms with Gasteiger partial charge in [-0.25, -0.2) is 4.79 Å². The molecule has 1 aliphatic carbocycles. The topological polar surface area (TPSA) is 50.8 Å². The normalized spacial score (nSPS) is 30.5. The second-order valence-corrected chi connectivity index (χ2v) is 6.98. The Morgan fingerprint density at radius 1 is 1.09 bits per heavy atom. The highest BCUT2D eigenvalue weighted by atomic mass is 16.6. The maximum Gasteiger partial charge on any atom is 0.317 e. The van der Waals surface area contributed by atoms with E-state index in [-0.39, 0.29) is 12.1 Å². The Labute approximate surface area is 133 Å². The molecule has 2 atom stereocenters. The van der Waals surface area contributed by atoms with E-state index < -0.39 is 0 Å². The lowest BCUT2D eigenvalue weighted by Gasteiger charge is -2.31.